The van der Waals surface area contributed by atoms with Crippen LogP contribution in [0.25, 0.3) is 0 Å². The average Bonchev–Trinajstić information content (AvgIpc) is 2.50. The Hall–Kier alpha value is -1.09. The van der Waals surface area contributed by atoms with E-state index in [-0.39, 0.29) is 0 Å². The maximum atomic E-state index is 10.6. The number of ether oxygens (including phenoxy) is 1. The summed E-state index contributed by atoms with van der Waals surface area (Å²) in [6.45, 7) is 3.52. The van der Waals surface area contributed by atoms with Crippen molar-refractivity contribution in [2.24, 2.45) is 0 Å². The van der Waals surface area contributed by atoms with E-state index in [1.54, 1.807) is 0 Å². The first kappa shape index (κ1) is 21.9. The standard InChI is InChI=1S/C20H36O3/c1-3-4-5-6-7-8-9-10-11-12-13-14-15-16-17-18-20(22)23-19(2)21/h6-7,17-18,20,22H,3-5,8-16H2,1-2H3/b7-6+,18-17+. The number of aliphatic hydroxyl groups is 1. The predicted molar refractivity (Wildman–Crippen MR) is 97.1 cm³/mol. The van der Waals surface area contributed by atoms with Gasteiger partial charge in [0.05, 0.1) is 0 Å². The lowest BCUT2D eigenvalue weighted by Crippen LogP contribution is -2.11. The minimum absolute atomic E-state index is 0.460. The summed E-state index contributed by atoms with van der Waals surface area (Å²) in [5.74, 6) is -0.460. The molecule has 0 radical (unpaired) electrons. The molecule has 0 fully saturated rings. The molecule has 1 unspecified atom stereocenters. The van der Waals surface area contributed by atoms with Crippen molar-refractivity contribution in [1.82, 2.24) is 0 Å². The molecule has 0 spiro atoms. The highest BCUT2D eigenvalue weighted by Crippen LogP contribution is 2.10. The molecule has 0 saturated heterocycles. The van der Waals surface area contributed by atoms with Crippen LogP contribution in [0.5, 0.6) is 0 Å². The number of rotatable bonds is 15. The van der Waals surface area contributed by atoms with Gasteiger partial charge in [-0.25, -0.2) is 0 Å². The van der Waals surface area contributed by atoms with E-state index in [1.165, 1.54) is 77.2 Å². The van der Waals surface area contributed by atoms with Gasteiger partial charge < -0.3 is 9.84 Å². The van der Waals surface area contributed by atoms with E-state index in [1.807, 2.05) is 6.08 Å². The Morgan fingerprint density at radius 3 is 1.87 bits per heavy atom. The van der Waals surface area contributed by atoms with E-state index in [4.69, 9.17) is 0 Å². The van der Waals surface area contributed by atoms with Crippen LogP contribution in [0.1, 0.15) is 90.9 Å². The molecule has 0 saturated carbocycles. The normalized spacial score (nSPS) is 13.0. The van der Waals surface area contributed by atoms with E-state index >= 15 is 0 Å². The summed E-state index contributed by atoms with van der Waals surface area (Å²) in [5, 5.41) is 9.29. The number of allylic oxidation sites excluding steroid dienone is 3. The van der Waals surface area contributed by atoms with E-state index in [9.17, 15) is 9.90 Å². The van der Waals surface area contributed by atoms with Gasteiger partial charge in [-0.2, -0.15) is 0 Å². The van der Waals surface area contributed by atoms with Crippen molar-refractivity contribution in [2.75, 3.05) is 0 Å². The first-order valence-corrected chi connectivity index (χ1v) is 9.33. The van der Waals surface area contributed by atoms with Gasteiger partial charge in [-0.1, -0.05) is 70.1 Å². The Morgan fingerprint density at radius 1 is 0.870 bits per heavy atom. The molecule has 0 heterocycles. The highest BCUT2D eigenvalue weighted by atomic mass is 16.6. The molecule has 0 aliphatic rings. The van der Waals surface area contributed by atoms with Gasteiger partial charge in [0.25, 0.3) is 0 Å². The van der Waals surface area contributed by atoms with Crippen LogP contribution in [-0.4, -0.2) is 17.4 Å². The molecule has 0 aromatic carbocycles. The van der Waals surface area contributed by atoms with Crippen LogP contribution >= 0.6 is 0 Å². The molecule has 0 amide bonds. The smallest absolute Gasteiger partial charge is 0.305 e. The fourth-order valence-electron chi connectivity index (χ4n) is 2.39. The third-order valence-electron chi connectivity index (χ3n) is 3.72. The zero-order valence-electron chi connectivity index (χ0n) is 15.1. The van der Waals surface area contributed by atoms with Crippen LogP contribution in [0.2, 0.25) is 0 Å². The fraction of sp³-hybridized carbons (Fsp3) is 0.750. The van der Waals surface area contributed by atoms with Crippen molar-refractivity contribution in [3.63, 3.8) is 0 Å². The summed E-state index contributed by atoms with van der Waals surface area (Å²) in [6.07, 6.45) is 22.0. The summed E-state index contributed by atoms with van der Waals surface area (Å²) in [5.41, 5.74) is 0. The van der Waals surface area contributed by atoms with Gasteiger partial charge >= 0.3 is 5.97 Å². The molecule has 0 aromatic heterocycles. The van der Waals surface area contributed by atoms with Crippen molar-refractivity contribution >= 4 is 5.97 Å². The molecule has 0 bridgehead atoms. The molecule has 0 rings (SSSR count). The molecular formula is C20H36O3. The third kappa shape index (κ3) is 18.9. The summed E-state index contributed by atoms with van der Waals surface area (Å²) in [6, 6.07) is 0. The molecule has 1 atom stereocenters. The van der Waals surface area contributed by atoms with Crippen LogP contribution in [-0.2, 0) is 9.53 Å². The SMILES string of the molecule is CCCC/C=C/CCCCCCCCC/C=C/C(O)OC(C)=O. The Morgan fingerprint density at radius 2 is 1.35 bits per heavy atom. The van der Waals surface area contributed by atoms with Gasteiger partial charge in [0.1, 0.15) is 0 Å². The summed E-state index contributed by atoms with van der Waals surface area (Å²) < 4.78 is 4.59. The second kappa shape index (κ2) is 17.3. The quantitative estimate of drug-likeness (QED) is 0.182. The zero-order chi connectivity index (χ0) is 17.2. The summed E-state index contributed by atoms with van der Waals surface area (Å²) in [7, 11) is 0. The lowest BCUT2D eigenvalue weighted by Gasteiger charge is -2.04. The van der Waals surface area contributed by atoms with E-state index in [0.29, 0.717) is 0 Å². The van der Waals surface area contributed by atoms with Crippen molar-refractivity contribution in [2.45, 2.75) is 97.2 Å². The molecule has 1 N–H and O–H groups in total. The van der Waals surface area contributed by atoms with Crippen LogP contribution in [0.15, 0.2) is 24.3 Å². The van der Waals surface area contributed by atoms with Crippen molar-refractivity contribution in [3.05, 3.63) is 24.3 Å². The second-order valence-electron chi connectivity index (χ2n) is 6.09. The fourth-order valence-corrected chi connectivity index (χ4v) is 2.39. The topological polar surface area (TPSA) is 46.5 Å². The second-order valence-corrected chi connectivity index (χ2v) is 6.09. The summed E-state index contributed by atoms with van der Waals surface area (Å²) >= 11 is 0. The Bertz CT molecular complexity index is 321. The molecule has 0 aliphatic heterocycles. The monoisotopic (exact) mass is 324 g/mol. The maximum Gasteiger partial charge on any atom is 0.305 e. The highest BCUT2D eigenvalue weighted by molar-refractivity contribution is 5.66. The Labute approximate surface area is 142 Å². The average molecular weight is 325 g/mol. The molecular weight excluding hydrogens is 288 g/mol. The number of esters is 1. The van der Waals surface area contributed by atoms with Gasteiger partial charge in [0, 0.05) is 6.92 Å². The molecule has 0 aromatic rings. The number of carbonyl (C=O) groups is 1. The van der Waals surface area contributed by atoms with Crippen LogP contribution in [0.4, 0.5) is 0 Å². The molecule has 0 aliphatic carbocycles. The van der Waals surface area contributed by atoms with Crippen molar-refractivity contribution < 1.29 is 14.6 Å². The molecule has 3 nitrogen and oxygen atoms in total. The maximum absolute atomic E-state index is 10.6. The van der Waals surface area contributed by atoms with Crippen LogP contribution < -0.4 is 0 Å². The number of carbonyl (C=O) groups excluding carboxylic acids is 1. The van der Waals surface area contributed by atoms with Gasteiger partial charge in [0.2, 0.25) is 6.29 Å². The highest BCUT2D eigenvalue weighted by Gasteiger charge is 2.00. The van der Waals surface area contributed by atoms with Crippen LogP contribution in [0.3, 0.4) is 0 Å². The number of hydrogen-bond acceptors (Lipinski definition) is 3. The Balaban J connectivity index is 3.23. The molecule has 134 valence electrons. The van der Waals surface area contributed by atoms with Gasteiger partial charge in [0.15, 0.2) is 0 Å². The van der Waals surface area contributed by atoms with E-state index < -0.39 is 12.3 Å². The first-order valence-electron chi connectivity index (χ1n) is 9.33. The minimum atomic E-state index is -1.09. The molecule has 3 heteroatoms. The predicted octanol–water partition coefficient (Wildman–Crippen LogP) is 5.68. The lowest BCUT2D eigenvalue weighted by atomic mass is 10.1. The summed E-state index contributed by atoms with van der Waals surface area (Å²) in [4.78, 5) is 10.6. The number of aliphatic hydroxyl groups excluding tert-OH is 1. The Kier molecular flexibility index (Phi) is 16.4. The van der Waals surface area contributed by atoms with E-state index in [2.05, 4.69) is 23.8 Å². The van der Waals surface area contributed by atoms with E-state index in [0.717, 1.165) is 12.8 Å². The van der Waals surface area contributed by atoms with Crippen molar-refractivity contribution in [1.29, 1.82) is 0 Å². The van der Waals surface area contributed by atoms with Gasteiger partial charge in [-0.05, 0) is 38.2 Å². The van der Waals surface area contributed by atoms with Gasteiger partial charge in [-0.15, -0.1) is 0 Å². The largest absolute Gasteiger partial charge is 0.432 e. The number of unbranched alkanes of at least 4 members (excludes halogenated alkanes) is 10. The minimum Gasteiger partial charge on any atom is -0.432 e. The number of hydrogen-bond donors (Lipinski definition) is 1. The zero-order valence-corrected chi connectivity index (χ0v) is 15.1. The first-order chi connectivity index (χ1) is 11.2. The van der Waals surface area contributed by atoms with Gasteiger partial charge in [-0.3, -0.25) is 4.79 Å². The van der Waals surface area contributed by atoms with Crippen LogP contribution in [0, 0.1) is 0 Å². The third-order valence-corrected chi connectivity index (χ3v) is 3.72. The van der Waals surface area contributed by atoms with Crippen molar-refractivity contribution in [3.8, 4) is 0 Å². The lowest BCUT2D eigenvalue weighted by molar-refractivity contribution is -0.157. The molecule has 23 heavy (non-hydrogen) atoms.